The number of nitrogens with zero attached hydrogens (tertiary/aromatic N) is 3. The molecule has 7 nitrogen and oxygen atoms in total. The van der Waals surface area contributed by atoms with Crippen molar-refractivity contribution in [2.24, 2.45) is 0 Å². The van der Waals surface area contributed by atoms with Gasteiger partial charge >= 0.3 is 0 Å². The summed E-state index contributed by atoms with van der Waals surface area (Å²) in [5.41, 5.74) is 4.31. The van der Waals surface area contributed by atoms with E-state index in [0.717, 1.165) is 11.4 Å². The molecule has 1 aliphatic heterocycles. The molecule has 2 heterocycles. The number of aryl methyl sites for hydroxylation is 1. The van der Waals surface area contributed by atoms with Gasteiger partial charge in [-0.25, -0.2) is 4.68 Å². The molecule has 2 atom stereocenters. The fourth-order valence-corrected chi connectivity index (χ4v) is 3.73. The molecule has 1 aromatic heterocycles. The zero-order valence-corrected chi connectivity index (χ0v) is 14.9. The SMILES string of the molecule is COCCNC(=O)[C@@H]1Sc2nnc(C)n2N[C@H]1c1ccc(Cl)cc1. The molecule has 0 aliphatic carbocycles. The average Bonchev–Trinajstić information content (AvgIpc) is 2.95. The van der Waals surface area contributed by atoms with E-state index in [2.05, 4.69) is 20.9 Å². The van der Waals surface area contributed by atoms with Crippen LogP contribution < -0.4 is 10.7 Å². The van der Waals surface area contributed by atoms with Crippen molar-refractivity contribution in [2.75, 3.05) is 25.7 Å². The molecule has 128 valence electrons. The summed E-state index contributed by atoms with van der Waals surface area (Å²) in [5.74, 6) is 0.672. The Kier molecular flexibility index (Phi) is 5.27. The molecule has 9 heteroatoms. The van der Waals surface area contributed by atoms with Crippen molar-refractivity contribution in [3.63, 3.8) is 0 Å². The maximum absolute atomic E-state index is 12.6. The normalized spacial score (nSPS) is 19.5. The summed E-state index contributed by atoms with van der Waals surface area (Å²) >= 11 is 7.37. The minimum absolute atomic E-state index is 0.0728. The summed E-state index contributed by atoms with van der Waals surface area (Å²) in [6.45, 7) is 2.80. The van der Waals surface area contributed by atoms with Crippen molar-refractivity contribution >= 4 is 29.3 Å². The highest BCUT2D eigenvalue weighted by Gasteiger charge is 2.37. The Labute approximate surface area is 149 Å². The Morgan fingerprint density at radius 3 is 2.88 bits per heavy atom. The molecule has 2 aromatic rings. The molecule has 0 spiro atoms. The first kappa shape index (κ1) is 17.1. The van der Waals surface area contributed by atoms with Gasteiger partial charge in [-0.15, -0.1) is 10.2 Å². The predicted octanol–water partition coefficient (Wildman–Crippen LogP) is 1.76. The number of carbonyl (C=O) groups is 1. The van der Waals surface area contributed by atoms with E-state index in [9.17, 15) is 4.79 Å². The van der Waals surface area contributed by atoms with Gasteiger partial charge in [0.15, 0.2) is 0 Å². The van der Waals surface area contributed by atoms with E-state index < -0.39 is 0 Å². The van der Waals surface area contributed by atoms with Gasteiger partial charge in [0.2, 0.25) is 11.1 Å². The van der Waals surface area contributed by atoms with Gasteiger partial charge in [-0.2, -0.15) is 0 Å². The second kappa shape index (κ2) is 7.42. The largest absolute Gasteiger partial charge is 0.383 e. The van der Waals surface area contributed by atoms with E-state index in [0.29, 0.717) is 23.3 Å². The van der Waals surface area contributed by atoms with Gasteiger partial charge in [-0.1, -0.05) is 35.5 Å². The Morgan fingerprint density at radius 1 is 1.42 bits per heavy atom. The molecule has 0 saturated heterocycles. The highest BCUT2D eigenvalue weighted by Crippen LogP contribution is 2.37. The zero-order chi connectivity index (χ0) is 17.1. The molecular formula is C15H18ClN5O2S. The van der Waals surface area contributed by atoms with E-state index in [4.69, 9.17) is 16.3 Å². The second-order valence-corrected chi connectivity index (χ2v) is 6.89. The van der Waals surface area contributed by atoms with Crippen LogP contribution >= 0.6 is 23.4 Å². The third kappa shape index (κ3) is 3.50. The molecule has 3 rings (SSSR count). The number of carbonyl (C=O) groups excluding carboxylic acids is 1. The summed E-state index contributed by atoms with van der Waals surface area (Å²) in [7, 11) is 1.60. The van der Waals surface area contributed by atoms with Gasteiger partial charge in [-0.3, -0.25) is 4.79 Å². The summed E-state index contributed by atoms with van der Waals surface area (Å²) in [5, 5.41) is 12.0. The van der Waals surface area contributed by atoms with Gasteiger partial charge in [-0.05, 0) is 24.6 Å². The van der Waals surface area contributed by atoms with E-state index in [1.165, 1.54) is 11.8 Å². The Balaban J connectivity index is 1.87. The Morgan fingerprint density at radius 2 is 2.17 bits per heavy atom. The number of methoxy groups -OCH3 is 1. The lowest BCUT2D eigenvalue weighted by atomic mass is 10.0. The first-order chi connectivity index (χ1) is 11.6. The monoisotopic (exact) mass is 367 g/mol. The van der Waals surface area contributed by atoms with Crippen LogP contribution in [0, 0.1) is 6.92 Å². The van der Waals surface area contributed by atoms with Gasteiger partial charge in [0, 0.05) is 18.7 Å². The van der Waals surface area contributed by atoms with Crippen LogP contribution in [0.4, 0.5) is 0 Å². The standard InChI is InChI=1S/C15H18ClN5O2S/c1-9-18-19-15-21(9)20-12(10-3-5-11(16)6-4-10)13(24-15)14(22)17-7-8-23-2/h3-6,12-13,20H,7-8H2,1-2H3,(H,17,22)/t12-,13+/m0/s1. The van der Waals surface area contributed by atoms with E-state index in [-0.39, 0.29) is 17.2 Å². The van der Waals surface area contributed by atoms with Crippen LogP contribution in [0.15, 0.2) is 29.4 Å². The number of ether oxygens (including phenoxy) is 1. The number of amides is 1. The van der Waals surface area contributed by atoms with E-state index in [1.807, 2.05) is 35.9 Å². The number of hydrogen-bond acceptors (Lipinski definition) is 6. The summed E-state index contributed by atoms with van der Waals surface area (Å²) in [6.07, 6.45) is 0. The minimum atomic E-state index is -0.376. The third-order valence-corrected chi connectivity index (χ3v) is 5.16. The highest BCUT2D eigenvalue weighted by molar-refractivity contribution is 8.00. The van der Waals surface area contributed by atoms with E-state index in [1.54, 1.807) is 7.11 Å². The predicted molar refractivity (Wildman–Crippen MR) is 92.8 cm³/mol. The van der Waals surface area contributed by atoms with Crippen LogP contribution in [0.5, 0.6) is 0 Å². The van der Waals surface area contributed by atoms with Gasteiger partial charge < -0.3 is 15.5 Å². The smallest absolute Gasteiger partial charge is 0.236 e. The molecule has 24 heavy (non-hydrogen) atoms. The lowest BCUT2D eigenvalue weighted by Gasteiger charge is -2.32. The fraction of sp³-hybridized carbons (Fsp3) is 0.400. The lowest BCUT2D eigenvalue weighted by molar-refractivity contribution is -0.121. The maximum Gasteiger partial charge on any atom is 0.236 e. The van der Waals surface area contributed by atoms with Gasteiger partial charge in [0.05, 0.1) is 12.6 Å². The Bertz CT molecular complexity index is 721. The van der Waals surface area contributed by atoms with Gasteiger partial charge in [0.1, 0.15) is 11.1 Å². The molecule has 0 radical (unpaired) electrons. The zero-order valence-electron chi connectivity index (χ0n) is 13.3. The van der Waals surface area contributed by atoms with Crippen LogP contribution in [-0.2, 0) is 9.53 Å². The van der Waals surface area contributed by atoms with Crippen LogP contribution in [0.3, 0.4) is 0 Å². The average molecular weight is 368 g/mol. The summed E-state index contributed by atoms with van der Waals surface area (Å²) < 4.78 is 6.79. The minimum Gasteiger partial charge on any atom is -0.383 e. The first-order valence-electron chi connectivity index (χ1n) is 7.47. The Hall–Kier alpha value is -1.77. The highest BCUT2D eigenvalue weighted by atomic mass is 35.5. The second-order valence-electron chi connectivity index (χ2n) is 5.35. The van der Waals surface area contributed by atoms with Crippen molar-refractivity contribution in [3.05, 3.63) is 40.7 Å². The van der Waals surface area contributed by atoms with Crippen LogP contribution in [-0.4, -0.2) is 46.3 Å². The maximum atomic E-state index is 12.6. The number of aromatic nitrogens is 3. The van der Waals surface area contributed by atoms with Crippen molar-refractivity contribution in [2.45, 2.75) is 23.4 Å². The number of hydrogen-bond donors (Lipinski definition) is 2. The topological polar surface area (TPSA) is 81.1 Å². The number of nitrogens with one attached hydrogen (secondary N) is 2. The quantitative estimate of drug-likeness (QED) is 0.784. The number of halogens is 1. The number of thioether (sulfide) groups is 1. The van der Waals surface area contributed by atoms with Crippen molar-refractivity contribution in [1.29, 1.82) is 0 Å². The van der Waals surface area contributed by atoms with Crippen LogP contribution in [0.1, 0.15) is 17.4 Å². The molecule has 1 aromatic carbocycles. The van der Waals surface area contributed by atoms with Crippen molar-refractivity contribution in [1.82, 2.24) is 20.2 Å². The van der Waals surface area contributed by atoms with Crippen molar-refractivity contribution < 1.29 is 9.53 Å². The molecule has 2 N–H and O–H groups in total. The number of benzene rings is 1. The van der Waals surface area contributed by atoms with Crippen LogP contribution in [0.25, 0.3) is 0 Å². The van der Waals surface area contributed by atoms with Crippen LogP contribution in [0.2, 0.25) is 5.02 Å². The van der Waals surface area contributed by atoms with Crippen molar-refractivity contribution in [3.8, 4) is 0 Å². The molecule has 0 unspecified atom stereocenters. The molecule has 1 aliphatic rings. The number of fused-ring (bicyclic) bond motifs is 1. The third-order valence-electron chi connectivity index (χ3n) is 3.69. The molecule has 1 amide bonds. The molecular weight excluding hydrogens is 350 g/mol. The first-order valence-corrected chi connectivity index (χ1v) is 8.73. The number of rotatable bonds is 5. The fourth-order valence-electron chi connectivity index (χ4n) is 2.46. The summed E-state index contributed by atoms with van der Waals surface area (Å²) in [6, 6.07) is 7.24. The summed E-state index contributed by atoms with van der Waals surface area (Å²) in [4.78, 5) is 12.6. The molecule has 0 bridgehead atoms. The molecule has 0 fully saturated rings. The van der Waals surface area contributed by atoms with Gasteiger partial charge in [0.25, 0.3) is 0 Å². The molecule has 0 saturated carbocycles. The lowest BCUT2D eigenvalue weighted by Crippen LogP contribution is -2.44. The van der Waals surface area contributed by atoms with E-state index >= 15 is 0 Å².